The van der Waals surface area contributed by atoms with Gasteiger partial charge >= 0.3 is 18.9 Å². The van der Waals surface area contributed by atoms with Gasteiger partial charge in [-0.25, -0.2) is 4.79 Å². The van der Waals surface area contributed by atoms with E-state index in [1.807, 2.05) is 0 Å². The maximum absolute atomic E-state index is 12.6. The summed E-state index contributed by atoms with van der Waals surface area (Å²) in [7, 11) is -1.91. The van der Waals surface area contributed by atoms with E-state index >= 15 is 0 Å². The number of halogens is 2. The van der Waals surface area contributed by atoms with E-state index in [4.69, 9.17) is 37.0 Å². The number of aliphatic carboxylic acids is 1. The molecule has 21 heavy (non-hydrogen) atoms. The van der Waals surface area contributed by atoms with Gasteiger partial charge in [-0.1, -0.05) is 30.1 Å². The predicted octanol–water partition coefficient (Wildman–Crippen LogP) is 4.05. The number of ether oxygens (including phenoxy) is 1. The molecule has 0 aliphatic heterocycles. The van der Waals surface area contributed by atoms with Crippen LogP contribution in [0.2, 0.25) is 10.0 Å². The van der Waals surface area contributed by atoms with Crippen LogP contribution in [0.4, 0.5) is 0 Å². The molecule has 6 nitrogen and oxygen atoms in total. The first-order valence-corrected chi connectivity index (χ1v) is 8.15. The van der Waals surface area contributed by atoms with Gasteiger partial charge in [0.1, 0.15) is 5.75 Å². The van der Waals surface area contributed by atoms with E-state index in [0.29, 0.717) is 5.02 Å². The highest BCUT2D eigenvalue weighted by Gasteiger charge is 2.58. The lowest BCUT2D eigenvalue weighted by atomic mass is 10.2. The van der Waals surface area contributed by atoms with Crippen molar-refractivity contribution in [2.45, 2.75) is 18.7 Å². The Morgan fingerprint density at radius 3 is 2.29 bits per heavy atom. The Kier molecular flexibility index (Phi) is 6.08. The fourth-order valence-electron chi connectivity index (χ4n) is 1.74. The van der Waals surface area contributed by atoms with Crippen LogP contribution < -0.4 is 4.74 Å². The maximum atomic E-state index is 12.6. The van der Waals surface area contributed by atoms with Crippen LogP contribution in [0.3, 0.4) is 0 Å². The molecule has 0 aromatic heterocycles. The van der Waals surface area contributed by atoms with Crippen molar-refractivity contribution < 1.29 is 28.3 Å². The number of rotatable bonds is 7. The molecule has 1 aromatic carbocycles. The van der Waals surface area contributed by atoms with Crippen molar-refractivity contribution in [2.75, 3.05) is 14.2 Å². The van der Waals surface area contributed by atoms with Crippen molar-refractivity contribution in [3.8, 4) is 5.75 Å². The van der Waals surface area contributed by atoms with E-state index in [2.05, 4.69) is 0 Å². The normalized spacial score (nSPS) is 14.5. The average Bonchev–Trinajstić information content (AvgIpc) is 2.45. The SMILES string of the molecule is CCC(Oc1ccc(Cl)cc1Cl)(C(=O)O)P(=O)(OC)OC. The van der Waals surface area contributed by atoms with Gasteiger partial charge in [-0.2, -0.15) is 0 Å². The molecule has 1 unspecified atom stereocenters. The monoisotopic (exact) mass is 356 g/mol. The summed E-state index contributed by atoms with van der Waals surface area (Å²) in [5.41, 5.74) is 0. The lowest BCUT2D eigenvalue weighted by molar-refractivity contribution is -0.149. The molecule has 0 fully saturated rings. The summed E-state index contributed by atoms with van der Waals surface area (Å²) in [6.07, 6.45) is -0.166. The number of benzene rings is 1. The third-order valence-electron chi connectivity index (χ3n) is 2.91. The number of carboxylic acid groups (broad SMARTS) is 1. The molecule has 1 atom stereocenters. The molecule has 0 spiro atoms. The number of hydrogen-bond acceptors (Lipinski definition) is 5. The van der Waals surface area contributed by atoms with Gasteiger partial charge < -0.3 is 18.9 Å². The summed E-state index contributed by atoms with van der Waals surface area (Å²) in [6, 6.07) is 4.23. The Balaban J connectivity index is 3.39. The summed E-state index contributed by atoms with van der Waals surface area (Å²) in [5, 5.41) is 7.72. The van der Waals surface area contributed by atoms with E-state index in [9.17, 15) is 14.5 Å². The molecule has 0 aliphatic carbocycles. The average molecular weight is 357 g/mol. The molecule has 118 valence electrons. The third-order valence-corrected chi connectivity index (χ3v) is 5.88. The largest absolute Gasteiger partial charge is 0.478 e. The number of hydrogen-bond donors (Lipinski definition) is 1. The van der Waals surface area contributed by atoms with Crippen LogP contribution in [0.25, 0.3) is 0 Å². The zero-order chi connectivity index (χ0) is 16.3. The zero-order valence-corrected chi connectivity index (χ0v) is 14.0. The smallest absolute Gasteiger partial charge is 0.385 e. The Morgan fingerprint density at radius 2 is 1.90 bits per heavy atom. The quantitative estimate of drug-likeness (QED) is 0.742. The Labute approximate surface area is 132 Å². The highest BCUT2D eigenvalue weighted by Crippen LogP contribution is 2.61. The number of carboxylic acids is 1. The van der Waals surface area contributed by atoms with Gasteiger partial charge in [0.15, 0.2) is 0 Å². The van der Waals surface area contributed by atoms with E-state index < -0.39 is 18.9 Å². The molecule has 0 amide bonds. The zero-order valence-electron chi connectivity index (χ0n) is 11.6. The molecule has 0 saturated carbocycles. The highest BCUT2D eigenvalue weighted by molar-refractivity contribution is 7.56. The Hall–Kier alpha value is -0.780. The number of carbonyl (C=O) groups is 1. The lowest BCUT2D eigenvalue weighted by Gasteiger charge is -2.33. The fourth-order valence-corrected chi connectivity index (χ4v) is 3.76. The summed E-state index contributed by atoms with van der Waals surface area (Å²) in [6.45, 7) is 1.49. The standard InChI is InChI=1S/C12H15Cl2O6P/c1-4-12(11(15)16,21(17,18-2)19-3)20-10-6-5-8(13)7-9(10)14/h5-7H,4H2,1-3H3,(H,15,16). The van der Waals surface area contributed by atoms with Crippen molar-refractivity contribution >= 4 is 36.8 Å². The van der Waals surface area contributed by atoms with Crippen LogP contribution in [0.1, 0.15) is 13.3 Å². The summed E-state index contributed by atoms with van der Waals surface area (Å²) < 4.78 is 27.6. The van der Waals surface area contributed by atoms with Gasteiger partial charge in [0.25, 0.3) is 0 Å². The van der Waals surface area contributed by atoms with Gasteiger partial charge in [0, 0.05) is 25.7 Å². The van der Waals surface area contributed by atoms with E-state index in [-0.39, 0.29) is 17.2 Å². The van der Waals surface area contributed by atoms with Crippen LogP contribution in [-0.2, 0) is 18.4 Å². The highest BCUT2D eigenvalue weighted by atomic mass is 35.5. The molecule has 1 rings (SSSR count). The van der Waals surface area contributed by atoms with Gasteiger partial charge in [-0.05, 0) is 18.2 Å². The Bertz CT molecular complexity index is 571. The minimum atomic E-state index is -4.09. The van der Waals surface area contributed by atoms with E-state index in [1.165, 1.54) is 25.1 Å². The van der Waals surface area contributed by atoms with Crippen LogP contribution in [-0.4, -0.2) is 30.6 Å². The minimum absolute atomic E-state index is 0.0136. The molecule has 0 bridgehead atoms. The fraction of sp³-hybridized carbons (Fsp3) is 0.417. The van der Waals surface area contributed by atoms with Gasteiger partial charge in [0.05, 0.1) is 5.02 Å². The maximum Gasteiger partial charge on any atom is 0.385 e. The van der Waals surface area contributed by atoms with Crippen molar-refractivity contribution in [3.05, 3.63) is 28.2 Å². The first-order valence-electron chi connectivity index (χ1n) is 5.85. The van der Waals surface area contributed by atoms with Crippen LogP contribution in [0, 0.1) is 0 Å². The lowest BCUT2D eigenvalue weighted by Crippen LogP contribution is -2.44. The first kappa shape index (κ1) is 18.3. The van der Waals surface area contributed by atoms with Crippen LogP contribution in [0.15, 0.2) is 18.2 Å². The molecule has 0 radical (unpaired) electrons. The third kappa shape index (κ3) is 3.35. The molecule has 1 N–H and O–H groups in total. The van der Waals surface area contributed by atoms with Crippen molar-refractivity contribution in [2.24, 2.45) is 0 Å². The second kappa shape index (κ2) is 6.99. The van der Waals surface area contributed by atoms with Crippen molar-refractivity contribution in [3.63, 3.8) is 0 Å². The molecule has 0 aliphatic rings. The second-order valence-corrected chi connectivity index (χ2v) is 7.27. The first-order chi connectivity index (χ1) is 9.76. The van der Waals surface area contributed by atoms with Gasteiger partial charge in [-0.15, -0.1) is 0 Å². The topological polar surface area (TPSA) is 82.1 Å². The molecule has 0 heterocycles. The van der Waals surface area contributed by atoms with E-state index in [1.54, 1.807) is 0 Å². The van der Waals surface area contributed by atoms with Crippen molar-refractivity contribution in [1.29, 1.82) is 0 Å². The van der Waals surface area contributed by atoms with E-state index in [0.717, 1.165) is 14.2 Å². The minimum Gasteiger partial charge on any atom is -0.478 e. The molecular formula is C12H15Cl2O6P. The molecule has 9 heteroatoms. The molecular weight excluding hydrogens is 342 g/mol. The van der Waals surface area contributed by atoms with Gasteiger partial charge in [0.2, 0.25) is 0 Å². The summed E-state index contributed by atoms with van der Waals surface area (Å²) in [4.78, 5) is 11.7. The molecule has 1 aromatic rings. The summed E-state index contributed by atoms with van der Waals surface area (Å²) in [5.74, 6) is -1.47. The molecule has 0 saturated heterocycles. The summed E-state index contributed by atoms with van der Waals surface area (Å²) >= 11 is 11.7. The van der Waals surface area contributed by atoms with Crippen molar-refractivity contribution in [1.82, 2.24) is 0 Å². The Morgan fingerprint density at radius 1 is 1.33 bits per heavy atom. The second-order valence-electron chi connectivity index (χ2n) is 3.98. The van der Waals surface area contributed by atoms with Crippen LogP contribution >= 0.6 is 30.8 Å². The van der Waals surface area contributed by atoms with Crippen LogP contribution in [0.5, 0.6) is 5.75 Å². The predicted molar refractivity (Wildman–Crippen MR) is 79.4 cm³/mol. The van der Waals surface area contributed by atoms with Gasteiger partial charge in [-0.3, -0.25) is 4.57 Å².